The van der Waals surface area contributed by atoms with Crippen molar-refractivity contribution >= 4 is 17.5 Å². The summed E-state index contributed by atoms with van der Waals surface area (Å²) in [5.74, 6) is 0.987. The Bertz CT molecular complexity index is 1110. The average molecular weight is 424 g/mol. The van der Waals surface area contributed by atoms with Crippen LogP contribution < -0.4 is 15.5 Å². The highest BCUT2D eigenvalue weighted by molar-refractivity contribution is 5.88. The first-order chi connectivity index (χ1) is 16.3. The number of nitrogens with one attached hydrogen (secondary N) is 2. The van der Waals surface area contributed by atoms with E-state index in [1.54, 1.807) is 35.4 Å². The van der Waals surface area contributed by atoms with Crippen LogP contribution >= 0.6 is 0 Å². The zero-order valence-corrected chi connectivity index (χ0v) is 17.5. The summed E-state index contributed by atoms with van der Waals surface area (Å²) in [5.41, 5.74) is 1.76. The van der Waals surface area contributed by atoms with Crippen molar-refractivity contribution in [2.75, 3.05) is 42.9 Å². The number of aryl methyl sites for hydroxylation is 1. The minimum Gasteiger partial charge on any atom is -0.368 e. The quantitative estimate of drug-likeness (QED) is 0.633. The lowest BCUT2D eigenvalue weighted by atomic mass is 10.2. The van der Waals surface area contributed by atoms with Crippen molar-refractivity contribution in [2.24, 2.45) is 0 Å². The number of anilines is 2. The molecule has 162 valence electrons. The van der Waals surface area contributed by atoms with Crippen LogP contribution in [0.4, 0.5) is 16.3 Å². The van der Waals surface area contributed by atoms with Crippen LogP contribution in [0.3, 0.4) is 0 Å². The highest BCUT2D eigenvalue weighted by Crippen LogP contribution is 2.22. The molecule has 9 heteroatoms. The number of pyridine rings is 2. The van der Waals surface area contributed by atoms with Crippen LogP contribution in [0.25, 0.3) is 5.82 Å². The maximum absolute atomic E-state index is 11.7. The van der Waals surface area contributed by atoms with E-state index in [4.69, 9.17) is 4.11 Å². The number of nitrogens with zero attached hydrogens (tertiary/aromatic N) is 6. The van der Waals surface area contributed by atoms with E-state index < -0.39 is 6.85 Å². The molecular weight excluding hydrogens is 392 g/mol. The van der Waals surface area contributed by atoms with E-state index in [9.17, 15) is 4.79 Å². The predicted octanol–water partition coefficient (Wildman–Crippen LogP) is 2.43. The van der Waals surface area contributed by atoms with Gasteiger partial charge in [0.2, 0.25) is 0 Å². The molecule has 3 aromatic rings. The van der Waals surface area contributed by atoms with Crippen molar-refractivity contribution in [3.8, 4) is 5.82 Å². The lowest BCUT2D eigenvalue weighted by molar-refractivity contribution is 0.249. The molecule has 0 saturated carbocycles. The number of amides is 2. The van der Waals surface area contributed by atoms with Gasteiger partial charge in [-0.25, -0.2) is 19.4 Å². The van der Waals surface area contributed by atoms with E-state index in [1.165, 1.54) is 0 Å². The van der Waals surface area contributed by atoms with Gasteiger partial charge >= 0.3 is 6.03 Å². The third kappa shape index (κ3) is 5.18. The lowest BCUT2D eigenvalue weighted by Gasteiger charge is -2.36. The summed E-state index contributed by atoms with van der Waals surface area (Å²) in [5, 5.41) is 9.57. The molecule has 0 aliphatic carbocycles. The molecule has 2 N–H and O–H groups in total. The van der Waals surface area contributed by atoms with Gasteiger partial charge in [-0.1, -0.05) is 0 Å². The molecule has 1 saturated heterocycles. The number of urea groups is 1. The van der Waals surface area contributed by atoms with Crippen LogP contribution in [-0.2, 0) is 6.54 Å². The molecule has 2 amide bonds. The van der Waals surface area contributed by atoms with E-state index in [0.29, 0.717) is 43.5 Å². The fraction of sp³-hybridized carbons (Fsp3) is 0.364. The van der Waals surface area contributed by atoms with E-state index in [-0.39, 0.29) is 11.7 Å². The molecule has 4 heterocycles. The van der Waals surface area contributed by atoms with E-state index >= 15 is 0 Å². The summed E-state index contributed by atoms with van der Waals surface area (Å²) in [6.45, 7) is 3.67. The van der Waals surface area contributed by atoms with Gasteiger partial charge in [0.15, 0.2) is 5.82 Å². The van der Waals surface area contributed by atoms with Gasteiger partial charge in [-0.15, -0.1) is 0 Å². The van der Waals surface area contributed by atoms with Crippen molar-refractivity contribution < 1.29 is 8.91 Å². The minimum absolute atomic E-state index is 0.0872. The molecular formula is C22H28N8O. The number of hydrogen-bond acceptors (Lipinski definition) is 6. The number of carbonyl (C=O) groups excluding carboxylic acids is 1. The highest BCUT2D eigenvalue weighted by Gasteiger charge is 2.19. The number of carbonyl (C=O) groups is 1. The van der Waals surface area contributed by atoms with Crippen molar-refractivity contribution in [3.05, 3.63) is 60.2 Å². The Labute approximate surface area is 186 Å². The average Bonchev–Trinajstić information content (AvgIpc) is 3.34. The second-order valence-electron chi connectivity index (χ2n) is 7.28. The smallest absolute Gasteiger partial charge is 0.320 e. The van der Waals surface area contributed by atoms with Gasteiger partial charge in [-0.3, -0.25) is 10.2 Å². The molecule has 0 atom stereocenters. The molecule has 3 aromatic heterocycles. The lowest BCUT2D eigenvalue weighted by Crippen LogP contribution is -2.46. The summed E-state index contributed by atoms with van der Waals surface area (Å²) >= 11 is 0. The van der Waals surface area contributed by atoms with Gasteiger partial charge < -0.3 is 10.2 Å². The fourth-order valence-electron chi connectivity index (χ4n) is 3.60. The molecule has 1 aliphatic heterocycles. The van der Waals surface area contributed by atoms with Crippen molar-refractivity contribution in [1.82, 2.24) is 30.0 Å². The SMILES string of the molecule is [2H]C([2H])([2H])c1nc(-n2cccn2)ccc1N1CCN(Cc2ccnc(NC(=O)NCC)c2)CC1. The molecule has 0 aromatic carbocycles. The van der Waals surface area contributed by atoms with Gasteiger partial charge in [0, 0.05) is 62.0 Å². The Morgan fingerprint density at radius 2 is 2.06 bits per heavy atom. The van der Waals surface area contributed by atoms with Crippen LogP contribution in [0.1, 0.15) is 22.3 Å². The van der Waals surface area contributed by atoms with Crippen LogP contribution in [0.5, 0.6) is 0 Å². The van der Waals surface area contributed by atoms with Crippen LogP contribution in [-0.4, -0.2) is 63.4 Å². The summed E-state index contributed by atoms with van der Waals surface area (Å²) in [7, 11) is 0. The third-order valence-electron chi connectivity index (χ3n) is 5.12. The minimum atomic E-state index is -2.33. The standard InChI is InChI=1S/C22H28N8O/c1-3-23-22(31)27-20-15-18(7-9-24-20)16-28-11-13-29(14-12-28)19-5-6-21(26-17(19)2)30-10-4-8-25-30/h4-10,15H,3,11-14,16H2,1-2H3,(H2,23,24,27,31)/i2D3. The second-order valence-corrected chi connectivity index (χ2v) is 7.28. The van der Waals surface area contributed by atoms with E-state index in [0.717, 1.165) is 18.7 Å². The highest BCUT2D eigenvalue weighted by atomic mass is 16.2. The van der Waals surface area contributed by atoms with Crippen LogP contribution in [0, 0.1) is 6.85 Å². The van der Waals surface area contributed by atoms with E-state index in [1.807, 2.05) is 25.1 Å². The number of rotatable bonds is 6. The first-order valence-electron chi connectivity index (χ1n) is 11.8. The zero-order valence-electron chi connectivity index (χ0n) is 20.5. The Morgan fingerprint density at radius 3 is 2.81 bits per heavy atom. The first kappa shape index (κ1) is 17.2. The van der Waals surface area contributed by atoms with E-state index in [2.05, 4.69) is 35.5 Å². The monoisotopic (exact) mass is 423 g/mol. The summed E-state index contributed by atoms with van der Waals surface area (Å²) in [6, 6.07) is 8.91. The second kappa shape index (κ2) is 9.57. The molecule has 9 nitrogen and oxygen atoms in total. The van der Waals surface area contributed by atoms with Crippen molar-refractivity contribution in [2.45, 2.75) is 20.3 Å². The summed E-state index contributed by atoms with van der Waals surface area (Å²) < 4.78 is 25.6. The predicted molar refractivity (Wildman–Crippen MR) is 121 cm³/mol. The summed E-state index contributed by atoms with van der Waals surface area (Å²) in [6.07, 6.45) is 5.05. The fourth-order valence-corrected chi connectivity index (χ4v) is 3.60. The maximum Gasteiger partial charge on any atom is 0.320 e. The maximum atomic E-state index is 11.7. The molecule has 0 spiro atoms. The topological polar surface area (TPSA) is 91.2 Å². The van der Waals surface area contributed by atoms with Crippen molar-refractivity contribution in [1.29, 1.82) is 0 Å². The normalized spacial score (nSPS) is 16.3. The molecule has 0 bridgehead atoms. The number of hydrogen-bond donors (Lipinski definition) is 2. The molecule has 4 rings (SSSR count). The Morgan fingerprint density at radius 1 is 1.19 bits per heavy atom. The Kier molecular flexibility index (Phi) is 5.32. The number of piperazine rings is 1. The zero-order chi connectivity index (χ0) is 24.1. The molecule has 1 aliphatic rings. The van der Waals surface area contributed by atoms with Gasteiger partial charge in [0.25, 0.3) is 0 Å². The van der Waals surface area contributed by atoms with Gasteiger partial charge in [-0.05, 0) is 49.7 Å². The van der Waals surface area contributed by atoms with Crippen molar-refractivity contribution in [3.63, 3.8) is 0 Å². The summed E-state index contributed by atoms with van der Waals surface area (Å²) in [4.78, 5) is 24.7. The van der Waals surface area contributed by atoms with Gasteiger partial charge in [0.1, 0.15) is 5.82 Å². The Balaban J connectivity index is 1.42. The Hall–Kier alpha value is -3.46. The molecule has 1 fully saturated rings. The van der Waals surface area contributed by atoms with Crippen LogP contribution in [0.2, 0.25) is 0 Å². The third-order valence-corrected chi connectivity index (χ3v) is 5.12. The van der Waals surface area contributed by atoms with Crippen LogP contribution in [0.15, 0.2) is 48.9 Å². The number of aromatic nitrogens is 4. The molecule has 0 radical (unpaired) electrons. The first-order valence-corrected chi connectivity index (χ1v) is 10.3. The molecule has 0 unspecified atom stereocenters. The largest absolute Gasteiger partial charge is 0.368 e. The molecule has 31 heavy (non-hydrogen) atoms. The van der Waals surface area contributed by atoms with Gasteiger partial charge in [0.05, 0.1) is 11.4 Å². The van der Waals surface area contributed by atoms with Gasteiger partial charge in [-0.2, -0.15) is 5.10 Å².